The third-order valence-electron chi connectivity index (χ3n) is 3.23. The summed E-state index contributed by atoms with van der Waals surface area (Å²) in [6, 6.07) is 0. The van der Waals surface area contributed by atoms with Crippen LogP contribution in [0.2, 0.25) is 0 Å². The van der Waals surface area contributed by atoms with Gasteiger partial charge < -0.3 is 14.2 Å². The van der Waals surface area contributed by atoms with Crippen LogP contribution in [-0.2, 0) is 14.9 Å². The fraction of sp³-hybridized carbons (Fsp3) is 0.692. The molecular formula is C13H21NaO6S2. The molecule has 0 saturated heterocycles. The molecule has 2 heterocycles. The molecular weight excluding hydrogens is 339 g/mol. The zero-order valence-corrected chi connectivity index (χ0v) is 13.5. The van der Waals surface area contributed by atoms with Crippen LogP contribution >= 0.6 is 11.3 Å². The summed E-state index contributed by atoms with van der Waals surface area (Å²) in [7, 11) is -4.00. The Morgan fingerprint density at radius 1 is 1.41 bits per heavy atom. The molecule has 1 N–H and O–H groups in total. The van der Waals surface area contributed by atoms with E-state index >= 15 is 0 Å². The van der Waals surface area contributed by atoms with Crippen LogP contribution in [0.4, 0.5) is 0 Å². The minimum atomic E-state index is -4.00. The van der Waals surface area contributed by atoms with E-state index in [1.807, 2.05) is 17.7 Å². The molecule has 0 spiro atoms. The first-order valence-corrected chi connectivity index (χ1v) is 9.35. The van der Waals surface area contributed by atoms with Gasteiger partial charge in [-0.25, -0.2) is 0 Å². The van der Waals surface area contributed by atoms with Crippen molar-refractivity contribution in [3.05, 3.63) is 10.8 Å². The Balaban J connectivity index is 0.00000242. The minimum absolute atomic E-state index is 0. The van der Waals surface area contributed by atoms with Gasteiger partial charge in [0, 0.05) is 17.4 Å². The van der Waals surface area contributed by atoms with Crippen molar-refractivity contribution in [2.24, 2.45) is 0 Å². The third-order valence-corrected chi connectivity index (χ3v) is 5.25. The van der Waals surface area contributed by atoms with Crippen molar-refractivity contribution in [3.63, 3.8) is 0 Å². The number of hydrogen-bond donors (Lipinski definition) is 1. The van der Waals surface area contributed by atoms with Crippen LogP contribution in [-0.4, -0.2) is 73.7 Å². The summed E-state index contributed by atoms with van der Waals surface area (Å²) in [5.74, 6) is 1.48. The van der Waals surface area contributed by atoms with Crippen LogP contribution in [0, 0.1) is 0 Å². The number of ether oxygens (including phenoxy) is 3. The van der Waals surface area contributed by atoms with Gasteiger partial charge in [-0.05, 0) is 12.8 Å². The molecule has 1 aromatic rings. The van der Waals surface area contributed by atoms with E-state index in [9.17, 15) is 8.42 Å². The zero-order valence-electron chi connectivity index (χ0n) is 11.9. The van der Waals surface area contributed by atoms with Crippen molar-refractivity contribution in [2.45, 2.75) is 37.5 Å². The van der Waals surface area contributed by atoms with Gasteiger partial charge >= 0.3 is 29.6 Å². The van der Waals surface area contributed by atoms with Crippen LogP contribution < -0.4 is 9.47 Å². The second kappa shape index (κ2) is 9.46. The molecule has 122 valence electrons. The SMILES string of the molecule is CCCC(CCOCC1COc2cscc2O1)S(=O)(=O)O.[NaH]. The second-order valence-electron chi connectivity index (χ2n) is 4.94. The first-order chi connectivity index (χ1) is 10.0. The van der Waals surface area contributed by atoms with E-state index in [4.69, 9.17) is 18.8 Å². The topological polar surface area (TPSA) is 82.1 Å². The number of rotatable bonds is 8. The average molecular weight is 360 g/mol. The van der Waals surface area contributed by atoms with E-state index in [-0.39, 0.29) is 48.7 Å². The second-order valence-corrected chi connectivity index (χ2v) is 7.38. The molecule has 1 aliphatic rings. The van der Waals surface area contributed by atoms with Gasteiger partial charge in [-0.1, -0.05) is 13.3 Å². The van der Waals surface area contributed by atoms with Crippen molar-refractivity contribution < 1.29 is 27.2 Å². The van der Waals surface area contributed by atoms with Crippen molar-refractivity contribution in [1.82, 2.24) is 0 Å². The van der Waals surface area contributed by atoms with Crippen LogP contribution in [0.25, 0.3) is 0 Å². The standard InChI is InChI=1S/C13H20O6S2.Na.H/c1-2-3-11(21(14,15)16)4-5-17-6-10-7-18-12-8-20-9-13(12)19-10;;/h8-11H,2-7H2,1H3,(H,14,15,16);;. The molecule has 2 atom stereocenters. The molecule has 6 nitrogen and oxygen atoms in total. The summed E-state index contributed by atoms with van der Waals surface area (Å²) in [6.07, 6.45) is 1.22. The Hall–Kier alpha value is 0.170. The fourth-order valence-corrected chi connectivity index (χ4v) is 3.74. The van der Waals surface area contributed by atoms with E-state index in [2.05, 4.69) is 0 Å². The molecule has 9 heteroatoms. The Labute approximate surface area is 157 Å². The van der Waals surface area contributed by atoms with Gasteiger partial charge in [0.1, 0.15) is 6.61 Å². The quantitative estimate of drug-likeness (QED) is 0.432. The van der Waals surface area contributed by atoms with Gasteiger partial charge in [0.05, 0.1) is 11.9 Å². The summed E-state index contributed by atoms with van der Waals surface area (Å²) in [4.78, 5) is 0. The van der Waals surface area contributed by atoms with E-state index in [1.165, 1.54) is 11.3 Å². The summed E-state index contributed by atoms with van der Waals surface area (Å²) in [5, 5.41) is 3.00. The van der Waals surface area contributed by atoms with Gasteiger partial charge in [-0.2, -0.15) is 8.42 Å². The number of thiophene rings is 1. The molecule has 0 bridgehead atoms. The van der Waals surface area contributed by atoms with E-state index in [0.29, 0.717) is 26.1 Å². The van der Waals surface area contributed by atoms with Crippen LogP contribution in [0.15, 0.2) is 10.8 Å². The van der Waals surface area contributed by atoms with Crippen molar-refractivity contribution in [1.29, 1.82) is 0 Å². The first-order valence-electron chi connectivity index (χ1n) is 6.90. The molecule has 0 amide bonds. The molecule has 1 aromatic heterocycles. The summed E-state index contributed by atoms with van der Waals surface area (Å²) in [5.41, 5.74) is 0. The summed E-state index contributed by atoms with van der Waals surface area (Å²) in [6.45, 7) is 2.89. The maximum atomic E-state index is 11.2. The average Bonchev–Trinajstić information content (AvgIpc) is 2.88. The Morgan fingerprint density at radius 2 is 2.14 bits per heavy atom. The molecule has 22 heavy (non-hydrogen) atoms. The molecule has 0 aliphatic carbocycles. The van der Waals surface area contributed by atoms with Crippen LogP contribution in [0.1, 0.15) is 26.2 Å². The van der Waals surface area contributed by atoms with E-state index in [1.54, 1.807) is 0 Å². The Kier molecular flexibility index (Phi) is 8.69. The maximum absolute atomic E-state index is 11.2. The molecule has 1 aliphatic heterocycles. The predicted molar refractivity (Wildman–Crippen MR) is 87.1 cm³/mol. The monoisotopic (exact) mass is 360 g/mol. The van der Waals surface area contributed by atoms with Crippen molar-refractivity contribution >= 4 is 51.0 Å². The Bertz CT molecular complexity index is 544. The van der Waals surface area contributed by atoms with Gasteiger partial charge in [0.25, 0.3) is 10.1 Å². The first kappa shape index (κ1) is 20.2. The predicted octanol–water partition coefficient (Wildman–Crippen LogP) is 1.70. The third kappa shape index (κ3) is 5.99. The summed E-state index contributed by atoms with van der Waals surface area (Å²) < 4.78 is 48.1. The summed E-state index contributed by atoms with van der Waals surface area (Å²) >= 11 is 1.51. The van der Waals surface area contributed by atoms with Gasteiger partial charge in [0.2, 0.25) is 0 Å². The molecule has 2 rings (SSSR count). The molecule has 0 fully saturated rings. The van der Waals surface area contributed by atoms with E-state index in [0.717, 1.165) is 11.5 Å². The van der Waals surface area contributed by atoms with Crippen molar-refractivity contribution in [2.75, 3.05) is 19.8 Å². The van der Waals surface area contributed by atoms with Crippen molar-refractivity contribution in [3.8, 4) is 11.5 Å². The van der Waals surface area contributed by atoms with Crippen LogP contribution in [0.3, 0.4) is 0 Å². The number of hydrogen-bond acceptors (Lipinski definition) is 6. The molecule has 0 saturated carbocycles. The van der Waals surface area contributed by atoms with Gasteiger partial charge in [-0.15, -0.1) is 11.3 Å². The molecule has 0 aromatic carbocycles. The van der Waals surface area contributed by atoms with Crippen LogP contribution in [0.5, 0.6) is 11.5 Å². The fourth-order valence-electron chi connectivity index (χ4n) is 2.14. The molecule has 2 unspecified atom stereocenters. The molecule has 0 radical (unpaired) electrons. The number of fused-ring (bicyclic) bond motifs is 1. The normalized spacial score (nSPS) is 18.5. The van der Waals surface area contributed by atoms with Gasteiger partial charge in [0.15, 0.2) is 17.6 Å². The van der Waals surface area contributed by atoms with E-state index < -0.39 is 15.4 Å². The zero-order chi connectivity index (χ0) is 15.3. The Morgan fingerprint density at radius 3 is 2.82 bits per heavy atom. The van der Waals surface area contributed by atoms with Gasteiger partial charge in [-0.3, -0.25) is 4.55 Å².